The Hall–Kier alpha value is -2.18. The number of hydrogen-bond donors (Lipinski definition) is 0. The molecule has 0 saturated heterocycles. The first-order valence-corrected chi connectivity index (χ1v) is 6.27. The number of rotatable bonds is 4. The Kier molecular flexibility index (Phi) is 4.27. The largest absolute Gasteiger partial charge is 0.296 e. The van der Waals surface area contributed by atoms with Gasteiger partial charge in [-0.15, -0.1) is 0 Å². The summed E-state index contributed by atoms with van der Waals surface area (Å²) >= 11 is 0. The van der Waals surface area contributed by atoms with Gasteiger partial charge in [0, 0.05) is 19.3 Å². The molecule has 1 heterocycles. The molecule has 0 aliphatic heterocycles. The summed E-state index contributed by atoms with van der Waals surface area (Å²) in [7, 11) is 2.08. The molecule has 2 aromatic rings. The predicted octanol–water partition coefficient (Wildman–Crippen LogP) is 2.89. The summed E-state index contributed by atoms with van der Waals surface area (Å²) < 4.78 is 0. The van der Waals surface area contributed by atoms with Crippen molar-refractivity contribution in [3.8, 4) is 6.07 Å². The Morgan fingerprint density at radius 1 is 1.21 bits per heavy atom. The highest BCUT2D eigenvalue weighted by Gasteiger charge is 2.05. The summed E-state index contributed by atoms with van der Waals surface area (Å²) in [6, 6.07) is 14.0. The molecule has 0 atom stereocenters. The first kappa shape index (κ1) is 13.3. The number of aryl methyl sites for hydroxylation is 1. The van der Waals surface area contributed by atoms with Crippen molar-refractivity contribution in [2.45, 2.75) is 20.0 Å². The minimum Gasteiger partial charge on any atom is -0.296 e. The zero-order valence-corrected chi connectivity index (χ0v) is 11.3. The molecule has 96 valence electrons. The summed E-state index contributed by atoms with van der Waals surface area (Å²) in [5, 5.41) is 8.86. The van der Waals surface area contributed by atoms with Crippen LogP contribution in [-0.2, 0) is 13.1 Å². The van der Waals surface area contributed by atoms with Crippen LogP contribution in [0, 0.1) is 18.3 Å². The third kappa shape index (κ3) is 3.64. The van der Waals surface area contributed by atoms with Crippen LogP contribution in [0.4, 0.5) is 0 Å². The normalized spacial score (nSPS) is 10.4. The van der Waals surface area contributed by atoms with Crippen LogP contribution in [0.3, 0.4) is 0 Å². The summed E-state index contributed by atoms with van der Waals surface area (Å²) in [6.45, 7) is 3.72. The number of benzene rings is 1. The van der Waals surface area contributed by atoms with E-state index in [2.05, 4.69) is 23.0 Å². The molecule has 0 aliphatic carbocycles. The molecule has 0 bridgehead atoms. The van der Waals surface area contributed by atoms with Gasteiger partial charge in [0.25, 0.3) is 0 Å². The monoisotopic (exact) mass is 251 g/mol. The Morgan fingerprint density at radius 2 is 2.05 bits per heavy atom. The van der Waals surface area contributed by atoms with Crippen LogP contribution >= 0.6 is 0 Å². The first-order valence-electron chi connectivity index (χ1n) is 6.27. The van der Waals surface area contributed by atoms with Gasteiger partial charge in [0.2, 0.25) is 0 Å². The molecule has 0 N–H and O–H groups in total. The molecule has 2 rings (SSSR count). The van der Waals surface area contributed by atoms with Gasteiger partial charge in [-0.05, 0) is 49.4 Å². The van der Waals surface area contributed by atoms with Gasteiger partial charge in [0.05, 0.1) is 17.3 Å². The highest BCUT2D eigenvalue weighted by Crippen LogP contribution is 2.13. The zero-order valence-electron chi connectivity index (χ0n) is 11.3. The fourth-order valence-electron chi connectivity index (χ4n) is 2.06. The van der Waals surface area contributed by atoms with Gasteiger partial charge >= 0.3 is 0 Å². The van der Waals surface area contributed by atoms with Crippen molar-refractivity contribution < 1.29 is 0 Å². The second-order valence-electron chi connectivity index (χ2n) is 4.75. The molecule has 3 heteroatoms. The molecule has 0 fully saturated rings. The fraction of sp³-hybridized carbons (Fsp3) is 0.250. The molecule has 0 spiro atoms. The number of pyridine rings is 1. The molecule has 1 aromatic carbocycles. The highest BCUT2D eigenvalue weighted by atomic mass is 15.1. The van der Waals surface area contributed by atoms with Crippen molar-refractivity contribution in [2.24, 2.45) is 0 Å². The van der Waals surface area contributed by atoms with Crippen molar-refractivity contribution in [1.82, 2.24) is 9.88 Å². The lowest BCUT2D eigenvalue weighted by Crippen LogP contribution is -2.18. The zero-order chi connectivity index (χ0) is 13.7. The Morgan fingerprint density at radius 3 is 2.68 bits per heavy atom. The summed E-state index contributed by atoms with van der Waals surface area (Å²) in [5.41, 5.74) is 4.19. The van der Waals surface area contributed by atoms with E-state index in [9.17, 15) is 0 Å². The van der Waals surface area contributed by atoms with E-state index in [-0.39, 0.29) is 0 Å². The van der Waals surface area contributed by atoms with Crippen molar-refractivity contribution in [2.75, 3.05) is 7.05 Å². The van der Waals surface area contributed by atoms with E-state index in [1.807, 2.05) is 49.5 Å². The standard InChI is InChI=1S/C16H17N3/c1-13-9-14(10-17)6-7-15(13)11-19(2)12-16-5-3-4-8-18-16/h3-9H,11-12H2,1-2H3. The number of nitrogens with zero attached hydrogens (tertiary/aromatic N) is 3. The second kappa shape index (κ2) is 6.12. The molecular weight excluding hydrogens is 234 g/mol. The lowest BCUT2D eigenvalue weighted by atomic mass is 10.1. The minimum atomic E-state index is 0.716. The topological polar surface area (TPSA) is 39.9 Å². The lowest BCUT2D eigenvalue weighted by molar-refractivity contribution is 0.314. The van der Waals surface area contributed by atoms with Gasteiger partial charge < -0.3 is 0 Å². The molecule has 1 aromatic heterocycles. The van der Waals surface area contributed by atoms with E-state index in [1.54, 1.807) is 0 Å². The van der Waals surface area contributed by atoms with E-state index >= 15 is 0 Å². The van der Waals surface area contributed by atoms with Crippen LogP contribution in [0.15, 0.2) is 42.6 Å². The van der Waals surface area contributed by atoms with E-state index in [4.69, 9.17) is 5.26 Å². The Balaban J connectivity index is 2.03. The van der Waals surface area contributed by atoms with Crippen molar-refractivity contribution >= 4 is 0 Å². The van der Waals surface area contributed by atoms with Gasteiger partial charge in [-0.25, -0.2) is 0 Å². The van der Waals surface area contributed by atoms with Gasteiger partial charge in [-0.1, -0.05) is 12.1 Å². The Labute approximate surface area is 114 Å². The third-order valence-electron chi connectivity index (χ3n) is 3.07. The molecular formula is C16H17N3. The molecule has 19 heavy (non-hydrogen) atoms. The number of hydrogen-bond acceptors (Lipinski definition) is 3. The van der Waals surface area contributed by atoms with Gasteiger partial charge in [-0.2, -0.15) is 5.26 Å². The van der Waals surface area contributed by atoms with Crippen LogP contribution in [0.1, 0.15) is 22.4 Å². The van der Waals surface area contributed by atoms with Crippen molar-refractivity contribution in [3.05, 3.63) is 65.0 Å². The first-order chi connectivity index (χ1) is 9.19. The molecule has 0 radical (unpaired) electrons. The van der Waals surface area contributed by atoms with Crippen LogP contribution in [-0.4, -0.2) is 16.9 Å². The maximum atomic E-state index is 8.86. The second-order valence-corrected chi connectivity index (χ2v) is 4.75. The lowest BCUT2D eigenvalue weighted by Gasteiger charge is -2.17. The summed E-state index contributed by atoms with van der Waals surface area (Å²) in [5.74, 6) is 0. The van der Waals surface area contributed by atoms with E-state index < -0.39 is 0 Å². The molecule has 0 aliphatic rings. The maximum absolute atomic E-state index is 8.86. The maximum Gasteiger partial charge on any atom is 0.0991 e. The van der Waals surface area contributed by atoms with Gasteiger partial charge in [-0.3, -0.25) is 9.88 Å². The van der Waals surface area contributed by atoms with Crippen molar-refractivity contribution in [1.29, 1.82) is 5.26 Å². The highest BCUT2D eigenvalue weighted by molar-refractivity contribution is 5.37. The average molecular weight is 251 g/mol. The SMILES string of the molecule is Cc1cc(C#N)ccc1CN(C)Cc1ccccn1. The molecule has 0 saturated carbocycles. The molecule has 3 nitrogen and oxygen atoms in total. The number of aromatic nitrogens is 1. The van der Waals surface area contributed by atoms with Gasteiger partial charge in [0.1, 0.15) is 0 Å². The van der Waals surface area contributed by atoms with Crippen molar-refractivity contribution in [3.63, 3.8) is 0 Å². The third-order valence-corrected chi connectivity index (χ3v) is 3.07. The molecule has 0 amide bonds. The van der Waals surface area contributed by atoms with Gasteiger partial charge in [0.15, 0.2) is 0 Å². The minimum absolute atomic E-state index is 0.716. The molecule has 0 unspecified atom stereocenters. The van der Waals surface area contributed by atoms with E-state index in [0.717, 1.165) is 24.3 Å². The fourth-order valence-corrected chi connectivity index (χ4v) is 2.06. The quantitative estimate of drug-likeness (QED) is 0.838. The van der Waals surface area contributed by atoms with Crippen LogP contribution < -0.4 is 0 Å². The smallest absolute Gasteiger partial charge is 0.0991 e. The van der Waals surface area contributed by atoms with Crippen LogP contribution in [0.5, 0.6) is 0 Å². The van der Waals surface area contributed by atoms with Crippen LogP contribution in [0.2, 0.25) is 0 Å². The predicted molar refractivity (Wildman–Crippen MR) is 75.3 cm³/mol. The summed E-state index contributed by atoms with van der Waals surface area (Å²) in [6.07, 6.45) is 1.82. The van der Waals surface area contributed by atoms with E-state index in [0.29, 0.717) is 5.56 Å². The average Bonchev–Trinajstić information content (AvgIpc) is 2.42. The Bertz CT molecular complexity index is 585. The van der Waals surface area contributed by atoms with Crippen LogP contribution in [0.25, 0.3) is 0 Å². The summed E-state index contributed by atoms with van der Waals surface area (Å²) in [4.78, 5) is 6.54. The van der Waals surface area contributed by atoms with E-state index in [1.165, 1.54) is 5.56 Å². The number of nitriles is 1.